The summed E-state index contributed by atoms with van der Waals surface area (Å²) < 4.78 is 14.6. The molecule has 2 amide bonds. The summed E-state index contributed by atoms with van der Waals surface area (Å²) in [5.74, 6) is -2.44. The molecule has 0 aliphatic carbocycles. The van der Waals surface area contributed by atoms with Gasteiger partial charge in [0, 0.05) is 7.05 Å². The van der Waals surface area contributed by atoms with Gasteiger partial charge in [-0.15, -0.1) is 11.3 Å². The number of ether oxygens (including phenoxy) is 2. The number of thiophene rings is 1. The van der Waals surface area contributed by atoms with E-state index in [1.54, 1.807) is 13.8 Å². The van der Waals surface area contributed by atoms with Gasteiger partial charge in [0.2, 0.25) is 0 Å². The van der Waals surface area contributed by atoms with E-state index in [0.29, 0.717) is 5.56 Å². The van der Waals surface area contributed by atoms with Crippen molar-refractivity contribution >= 4 is 40.1 Å². The van der Waals surface area contributed by atoms with Gasteiger partial charge in [0.05, 0.1) is 28.9 Å². The van der Waals surface area contributed by atoms with E-state index in [9.17, 15) is 19.2 Å². The summed E-state index contributed by atoms with van der Waals surface area (Å²) in [5, 5.41) is 5.11. The average molecular weight is 394 g/mol. The van der Waals surface area contributed by atoms with Gasteiger partial charge in [-0.2, -0.15) is 0 Å². The van der Waals surface area contributed by atoms with Gasteiger partial charge >= 0.3 is 11.9 Å². The Morgan fingerprint density at radius 1 is 1.19 bits per heavy atom. The Labute approximate surface area is 158 Å². The second kappa shape index (κ2) is 8.99. The topological polar surface area (TPSA) is 124 Å². The Kier molecular flexibility index (Phi) is 6.72. The average Bonchev–Trinajstić information content (AvgIpc) is 3.27. The fourth-order valence-corrected chi connectivity index (χ4v) is 3.30. The van der Waals surface area contributed by atoms with Gasteiger partial charge in [0.25, 0.3) is 11.8 Å². The molecule has 2 N–H and O–H groups in total. The first kappa shape index (κ1) is 20.2. The third kappa shape index (κ3) is 4.73. The maximum Gasteiger partial charge on any atom is 0.341 e. The second-order valence-corrected chi connectivity index (χ2v) is 6.22. The zero-order valence-corrected chi connectivity index (χ0v) is 15.7. The van der Waals surface area contributed by atoms with Crippen LogP contribution in [0.1, 0.15) is 42.9 Å². The summed E-state index contributed by atoms with van der Waals surface area (Å²) >= 11 is 0.933. The van der Waals surface area contributed by atoms with Crippen molar-refractivity contribution in [3.8, 4) is 0 Å². The highest BCUT2D eigenvalue weighted by atomic mass is 32.1. The monoisotopic (exact) mass is 394 g/mol. The van der Waals surface area contributed by atoms with Crippen LogP contribution in [0.25, 0.3) is 0 Å². The predicted octanol–water partition coefficient (Wildman–Crippen LogP) is 1.98. The van der Waals surface area contributed by atoms with Crippen LogP contribution in [0.15, 0.2) is 23.0 Å². The van der Waals surface area contributed by atoms with Crippen LogP contribution in [-0.2, 0) is 14.3 Å². The molecule has 144 valence electrons. The maximum absolute atomic E-state index is 12.2. The maximum atomic E-state index is 12.2. The molecule has 2 aromatic heterocycles. The lowest BCUT2D eigenvalue weighted by Gasteiger charge is -2.07. The van der Waals surface area contributed by atoms with Crippen molar-refractivity contribution in [1.29, 1.82) is 0 Å². The van der Waals surface area contributed by atoms with Crippen molar-refractivity contribution < 1.29 is 33.1 Å². The van der Waals surface area contributed by atoms with Gasteiger partial charge in [-0.1, -0.05) is 0 Å². The van der Waals surface area contributed by atoms with E-state index in [1.807, 2.05) is 0 Å². The first-order chi connectivity index (χ1) is 12.9. The number of carbonyl (C=O) groups is 4. The van der Waals surface area contributed by atoms with Crippen molar-refractivity contribution in [1.82, 2.24) is 5.32 Å². The first-order valence-electron chi connectivity index (χ1n) is 7.90. The molecule has 2 rings (SSSR count). The number of amides is 2. The normalized spacial score (nSPS) is 10.2. The molecular formula is C17H18N2O7S. The fourth-order valence-electron chi connectivity index (χ4n) is 2.14. The van der Waals surface area contributed by atoms with Crippen LogP contribution >= 0.6 is 11.3 Å². The van der Waals surface area contributed by atoms with E-state index in [4.69, 9.17) is 13.9 Å². The van der Waals surface area contributed by atoms with Crippen molar-refractivity contribution in [2.45, 2.75) is 13.8 Å². The van der Waals surface area contributed by atoms with E-state index in [-0.39, 0.29) is 27.6 Å². The Hall–Kier alpha value is -3.14. The molecule has 0 unspecified atom stereocenters. The number of hydrogen-bond acceptors (Lipinski definition) is 8. The first-order valence-corrected chi connectivity index (χ1v) is 8.72. The number of rotatable bonds is 7. The molecule has 0 fully saturated rings. The largest absolute Gasteiger partial charge is 0.472 e. The van der Waals surface area contributed by atoms with E-state index in [1.165, 1.54) is 25.6 Å². The van der Waals surface area contributed by atoms with Gasteiger partial charge in [-0.3, -0.25) is 9.59 Å². The Morgan fingerprint density at radius 3 is 2.52 bits per heavy atom. The Morgan fingerprint density at radius 2 is 1.93 bits per heavy atom. The van der Waals surface area contributed by atoms with Crippen LogP contribution in [0, 0.1) is 6.92 Å². The van der Waals surface area contributed by atoms with Gasteiger partial charge in [-0.25, -0.2) is 9.59 Å². The number of esters is 2. The Bertz CT molecular complexity index is 855. The van der Waals surface area contributed by atoms with Crippen LogP contribution in [0.5, 0.6) is 0 Å². The summed E-state index contributed by atoms with van der Waals surface area (Å²) in [6.45, 7) is 2.80. The van der Waals surface area contributed by atoms with Gasteiger partial charge < -0.3 is 24.5 Å². The van der Waals surface area contributed by atoms with Gasteiger partial charge in [0.1, 0.15) is 11.3 Å². The molecule has 0 atom stereocenters. The summed E-state index contributed by atoms with van der Waals surface area (Å²) in [5.41, 5.74) is 0.655. The summed E-state index contributed by atoms with van der Waals surface area (Å²) in [6, 6.07) is 1.40. The van der Waals surface area contributed by atoms with Crippen molar-refractivity contribution in [2.75, 3.05) is 25.6 Å². The lowest BCUT2D eigenvalue weighted by atomic mass is 10.1. The SMILES string of the molecule is CCOC(=O)c1c(NC(=O)COC(=O)c2ccoc2)sc(C(=O)NC)c1C. The molecule has 2 aromatic rings. The molecule has 0 bridgehead atoms. The van der Waals surface area contributed by atoms with Crippen LogP contribution in [0.4, 0.5) is 5.00 Å². The molecular weight excluding hydrogens is 376 g/mol. The molecule has 27 heavy (non-hydrogen) atoms. The molecule has 9 nitrogen and oxygen atoms in total. The van der Waals surface area contributed by atoms with Crippen molar-refractivity contribution in [3.63, 3.8) is 0 Å². The van der Waals surface area contributed by atoms with Crippen molar-refractivity contribution in [2.24, 2.45) is 0 Å². The molecule has 0 aliphatic rings. The lowest BCUT2D eigenvalue weighted by Crippen LogP contribution is -2.21. The van der Waals surface area contributed by atoms with Crippen LogP contribution < -0.4 is 10.6 Å². The third-order valence-electron chi connectivity index (χ3n) is 3.40. The quantitative estimate of drug-likeness (QED) is 0.688. The van der Waals surface area contributed by atoms with E-state index in [2.05, 4.69) is 10.6 Å². The zero-order chi connectivity index (χ0) is 20.0. The summed E-state index contributed by atoms with van der Waals surface area (Å²) in [7, 11) is 1.46. The molecule has 10 heteroatoms. The highest BCUT2D eigenvalue weighted by Crippen LogP contribution is 2.33. The molecule has 0 saturated carbocycles. The highest BCUT2D eigenvalue weighted by molar-refractivity contribution is 7.18. The fraction of sp³-hybridized carbons (Fsp3) is 0.294. The van der Waals surface area contributed by atoms with E-state index in [0.717, 1.165) is 11.3 Å². The zero-order valence-electron chi connectivity index (χ0n) is 14.9. The molecule has 0 radical (unpaired) electrons. The molecule has 0 saturated heterocycles. The minimum atomic E-state index is -0.724. The smallest absolute Gasteiger partial charge is 0.341 e. The number of furan rings is 1. The standard InChI is InChI=1S/C17H18N2O7S/c1-4-25-17(23)12-9(2)13(14(21)18-3)27-15(12)19-11(20)8-26-16(22)10-5-6-24-7-10/h5-7H,4,8H2,1-3H3,(H,18,21)(H,19,20). The van der Waals surface area contributed by atoms with Crippen LogP contribution in [0.3, 0.4) is 0 Å². The molecule has 0 spiro atoms. The van der Waals surface area contributed by atoms with E-state index < -0.39 is 30.4 Å². The molecule has 0 aliphatic heterocycles. The second-order valence-electron chi connectivity index (χ2n) is 5.20. The number of anilines is 1. The summed E-state index contributed by atoms with van der Waals surface area (Å²) in [6.07, 6.45) is 2.49. The third-order valence-corrected chi connectivity index (χ3v) is 4.61. The van der Waals surface area contributed by atoms with E-state index >= 15 is 0 Å². The summed E-state index contributed by atoms with van der Waals surface area (Å²) in [4.78, 5) is 48.3. The van der Waals surface area contributed by atoms with Crippen LogP contribution in [0.2, 0.25) is 0 Å². The van der Waals surface area contributed by atoms with Crippen LogP contribution in [-0.4, -0.2) is 44.0 Å². The molecule has 0 aromatic carbocycles. The lowest BCUT2D eigenvalue weighted by molar-refractivity contribution is -0.119. The number of hydrogen-bond donors (Lipinski definition) is 2. The number of carbonyl (C=O) groups excluding carboxylic acids is 4. The minimum absolute atomic E-state index is 0.0926. The Balaban J connectivity index is 2.15. The minimum Gasteiger partial charge on any atom is -0.472 e. The number of nitrogens with one attached hydrogen (secondary N) is 2. The van der Waals surface area contributed by atoms with Crippen molar-refractivity contribution in [3.05, 3.63) is 40.2 Å². The predicted molar refractivity (Wildman–Crippen MR) is 96.0 cm³/mol. The highest BCUT2D eigenvalue weighted by Gasteiger charge is 2.26. The molecule has 2 heterocycles. The van der Waals surface area contributed by atoms with Gasteiger partial charge in [0.15, 0.2) is 6.61 Å². The van der Waals surface area contributed by atoms with Gasteiger partial charge in [-0.05, 0) is 25.5 Å².